The molecule has 0 saturated heterocycles. The Balaban J connectivity index is 2.03. The zero-order chi connectivity index (χ0) is 23.4. The molecule has 1 aromatic carbocycles. The van der Waals surface area contributed by atoms with E-state index in [0.29, 0.717) is 40.2 Å². The van der Waals surface area contributed by atoms with Crippen molar-refractivity contribution in [3.05, 3.63) is 63.4 Å². The lowest BCUT2D eigenvalue weighted by Gasteiger charge is -2.12. The van der Waals surface area contributed by atoms with Gasteiger partial charge in [-0.1, -0.05) is 45.0 Å². The highest BCUT2D eigenvalue weighted by atomic mass is 32.1. The molecule has 32 heavy (non-hydrogen) atoms. The van der Waals surface area contributed by atoms with Crippen molar-refractivity contribution in [3.8, 4) is 11.1 Å². The number of hydrogen-bond donors (Lipinski definition) is 1. The first-order valence-corrected chi connectivity index (χ1v) is 11.9. The Bertz CT molecular complexity index is 1110. The molecule has 1 N–H and O–H groups in total. The molecule has 2 heterocycles. The number of aryl methyl sites for hydroxylation is 3. The summed E-state index contributed by atoms with van der Waals surface area (Å²) in [5.74, 6) is 0.957. The number of ether oxygens (including phenoxy) is 1. The molecule has 0 saturated carbocycles. The smallest absolute Gasteiger partial charge is 0.341 e. The Labute approximate surface area is 193 Å². The predicted octanol–water partition coefficient (Wildman–Crippen LogP) is 7.27. The number of carbonyl (C=O) groups is 2. The quantitative estimate of drug-likeness (QED) is 0.364. The third-order valence-corrected chi connectivity index (χ3v) is 6.64. The highest BCUT2D eigenvalue weighted by molar-refractivity contribution is 7.17. The molecule has 2 aromatic heterocycles. The lowest BCUT2D eigenvalue weighted by Crippen LogP contribution is -2.15. The Morgan fingerprint density at radius 1 is 1.12 bits per heavy atom. The molecule has 5 nitrogen and oxygen atoms in total. The maximum atomic E-state index is 13.1. The Kier molecular flexibility index (Phi) is 7.56. The van der Waals surface area contributed by atoms with Gasteiger partial charge in [0.25, 0.3) is 5.91 Å². The van der Waals surface area contributed by atoms with Crippen LogP contribution in [-0.4, -0.2) is 18.5 Å². The van der Waals surface area contributed by atoms with Gasteiger partial charge < -0.3 is 14.5 Å². The summed E-state index contributed by atoms with van der Waals surface area (Å²) >= 11 is 1.38. The number of nitrogens with one attached hydrogen (secondary N) is 1. The molecular weight excluding hydrogens is 422 g/mol. The first-order valence-electron chi connectivity index (χ1n) is 11.1. The number of thiophene rings is 1. The topological polar surface area (TPSA) is 68.5 Å². The lowest BCUT2D eigenvalue weighted by molar-refractivity contribution is 0.0507. The summed E-state index contributed by atoms with van der Waals surface area (Å²) in [6.07, 6.45) is 1.79. The molecular formula is C26H31NO4S. The van der Waals surface area contributed by atoms with Crippen LogP contribution in [0.2, 0.25) is 0 Å². The standard InChI is InChI=1S/C26H31NO4S/c1-7-13-30-26(29)23-22(20-11-9-19(10-12-20)15(3)8-2)18(6)32-25(23)27-24(28)21-14-16(4)31-17(21)5/h9-12,14-15H,7-8,13H2,1-6H3,(H,27,28)/t15-/m0/s1. The molecule has 0 fully saturated rings. The zero-order valence-corrected chi connectivity index (χ0v) is 20.4. The highest BCUT2D eigenvalue weighted by Crippen LogP contribution is 2.41. The Hall–Kier alpha value is -2.86. The summed E-state index contributed by atoms with van der Waals surface area (Å²) in [6.45, 7) is 12.2. The van der Waals surface area contributed by atoms with E-state index in [9.17, 15) is 9.59 Å². The van der Waals surface area contributed by atoms with Crippen LogP contribution in [0.5, 0.6) is 0 Å². The molecule has 6 heteroatoms. The van der Waals surface area contributed by atoms with Crippen LogP contribution in [0.3, 0.4) is 0 Å². The van der Waals surface area contributed by atoms with Crippen molar-refractivity contribution < 1.29 is 18.7 Å². The molecule has 0 bridgehead atoms. The van der Waals surface area contributed by atoms with Gasteiger partial charge in [0.1, 0.15) is 22.1 Å². The van der Waals surface area contributed by atoms with E-state index in [-0.39, 0.29) is 5.91 Å². The zero-order valence-electron chi connectivity index (χ0n) is 19.6. The molecule has 3 aromatic rings. The minimum Gasteiger partial charge on any atom is -0.466 e. The third kappa shape index (κ3) is 4.96. The second-order valence-corrected chi connectivity index (χ2v) is 9.31. The van der Waals surface area contributed by atoms with Crippen molar-refractivity contribution in [2.75, 3.05) is 11.9 Å². The van der Waals surface area contributed by atoms with Gasteiger partial charge in [-0.05, 0) is 56.7 Å². The number of anilines is 1. The van der Waals surface area contributed by atoms with Crippen LogP contribution in [0, 0.1) is 20.8 Å². The van der Waals surface area contributed by atoms with Gasteiger partial charge in [-0.2, -0.15) is 0 Å². The van der Waals surface area contributed by atoms with Gasteiger partial charge >= 0.3 is 5.97 Å². The number of amides is 1. The SMILES string of the molecule is CCCOC(=O)c1c(NC(=O)c2cc(C)oc2C)sc(C)c1-c1ccc([C@@H](C)CC)cc1. The number of esters is 1. The summed E-state index contributed by atoms with van der Waals surface area (Å²) in [7, 11) is 0. The second kappa shape index (κ2) is 10.2. The summed E-state index contributed by atoms with van der Waals surface area (Å²) in [6, 6.07) is 10.0. The molecule has 0 radical (unpaired) electrons. The lowest BCUT2D eigenvalue weighted by atomic mass is 9.94. The fourth-order valence-corrected chi connectivity index (χ4v) is 4.74. The molecule has 1 amide bonds. The summed E-state index contributed by atoms with van der Waals surface area (Å²) in [4.78, 5) is 26.9. The number of benzene rings is 1. The van der Waals surface area contributed by atoms with Crippen molar-refractivity contribution in [2.24, 2.45) is 0 Å². The fraction of sp³-hybridized carbons (Fsp3) is 0.385. The van der Waals surface area contributed by atoms with Gasteiger partial charge in [-0.3, -0.25) is 4.79 Å². The van der Waals surface area contributed by atoms with Crippen molar-refractivity contribution in [2.45, 2.75) is 60.3 Å². The average molecular weight is 454 g/mol. The predicted molar refractivity (Wildman–Crippen MR) is 130 cm³/mol. The van der Waals surface area contributed by atoms with E-state index in [4.69, 9.17) is 9.15 Å². The van der Waals surface area contributed by atoms with E-state index in [1.54, 1.807) is 19.9 Å². The normalized spacial score (nSPS) is 11.9. The van der Waals surface area contributed by atoms with Gasteiger partial charge in [0.2, 0.25) is 0 Å². The molecule has 1 atom stereocenters. The van der Waals surface area contributed by atoms with E-state index in [1.165, 1.54) is 16.9 Å². The molecule has 0 unspecified atom stereocenters. The van der Waals surface area contributed by atoms with Gasteiger partial charge in [-0.25, -0.2) is 4.79 Å². The number of rotatable bonds is 8. The molecule has 0 aliphatic rings. The largest absolute Gasteiger partial charge is 0.466 e. The first-order chi connectivity index (χ1) is 15.3. The molecule has 0 aliphatic carbocycles. The molecule has 0 spiro atoms. The molecule has 170 valence electrons. The van der Waals surface area contributed by atoms with Gasteiger partial charge in [0.15, 0.2) is 0 Å². The van der Waals surface area contributed by atoms with Crippen molar-refractivity contribution >= 4 is 28.2 Å². The van der Waals surface area contributed by atoms with Crippen LogP contribution in [0.15, 0.2) is 34.7 Å². The van der Waals surface area contributed by atoms with E-state index in [1.807, 2.05) is 26.0 Å². The highest BCUT2D eigenvalue weighted by Gasteiger charge is 2.26. The second-order valence-electron chi connectivity index (χ2n) is 8.09. The fourth-order valence-electron chi connectivity index (χ4n) is 3.68. The summed E-state index contributed by atoms with van der Waals surface area (Å²) < 4.78 is 11.0. The number of carbonyl (C=O) groups excluding carboxylic acids is 2. The van der Waals surface area contributed by atoms with E-state index >= 15 is 0 Å². The van der Waals surface area contributed by atoms with Crippen LogP contribution in [0.4, 0.5) is 5.00 Å². The van der Waals surface area contributed by atoms with E-state index in [0.717, 1.165) is 28.8 Å². The van der Waals surface area contributed by atoms with Crippen LogP contribution in [0.25, 0.3) is 11.1 Å². The Morgan fingerprint density at radius 2 is 1.81 bits per heavy atom. The van der Waals surface area contributed by atoms with Crippen molar-refractivity contribution in [1.29, 1.82) is 0 Å². The van der Waals surface area contributed by atoms with Gasteiger partial charge in [-0.15, -0.1) is 11.3 Å². The van der Waals surface area contributed by atoms with Gasteiger partial charge in [0, 0.05) is 10.4 Å². The van der Waals surface area contributed by atoms with E-state index < -0.39 is 5.97 Å². The van der Waals surface area contributed by atoms with Crippen LogP contribution < -0.4 is 5.32 Å². The molecule has 3 rings (SSSR count). The van der Waals surface area contributed by atoms with Crippen LogP contribution in [-0.2, 0) is 4.74 Å². The third-order valence-electron chi connectivity index (χ3n) is 5.62. The number of hydrogen-bond acceptors (Lipinski definition) is 5. The van der Waals surface area contributed by atoms with Gasteiger partial charge in [0.05, 0.1) is 12.2 Å². The number of furan rings is 1. The average Bonchev–Trinajstić information content (AvgIpc) is 3.29. The monoisotopic (exact) mass is 453 g/mol. The van der Waals surface area contributed by atoms with Crippen molar-refractivity contribution in [3.63, 3.8) is 0 Å². The first kappa shape index (κ1) is 23.8. The van der Waals surface area contributed by atoms with Crippen LogP contribution in [0.1, 0.15) is 82.2 Å². The summed E-state index contributed by atoms with van der Waals surface area (Å²) in [5.41, 5.74) is 3.87. The van der Waals surface area contributed by atoms with E-state index in [2.05, 4.69) is 31.3 Å². The minimum absolute atomic E-state index is 0.302. The molecule has 0 aliphatic heterocycles. The maximum absolute atomic E-state index is 13.1. The van der Waals surface area contributed by atoms with Crippen molar-refractivity contribution in [1.82, 2.24) is 0 Å². The minimum atomic E-state index is -0.424. The maximum Gasteiger partial charge on any atom is 0.341 e. The van der Waals surface area contributed by atoms with Crippen LogP contribution >= 0.6 is 11.3 Å². The summed E-state index contributed by atoms with van der Waals surface area (Å²) in [5, 5.41) is 3.42. The Morgan fingerprint density at radius 3 is 2.38 bits per heavy atom.